The highest BCUT2D eigenvalue weighted by atomic mass is 35.5. The van der Waals surface area contributed by atoms with Gasteiger partial charge in [-0.15, -0.1) is 11.3 Å². The van der Waals surface area contributed by atoms with E-state index >= 15 is 0 Å². The van der Waals surface area contributed by atoms with Gasteiger partial charge in [-0.05, 0) is 38.1 Å². The summed E-state index contributed by atoms with van der Waals surface area (Å²) in [5.74, 6) is 0.683. The molecule has 0 aliphatic carbocycles. The highest BCUT2D eigenvalue weighted by Crippen LogP contribution is 2.16. The second kappa shape index (κ2) is 7.43. The fourth-order valence-corrected chi connectivity index (χ4v) is 2.50. The Hall–Kier alpha value is -1.59. The normalized spacial score (nSPS) is 12.0. The van der Waals surface area contributed by atoms with Gasteiger partial charge in [0.25, 0.3) is 0 Å². The molecule has 1 amide bonds. The molecule has 0 spiro atoms. The number of carbonyl (C=O) groups is 1. The Kier molecular flexibility index (Phi) is 5.59. The lowest BCUT2D eigenvalue weighted by Gasteiger charge is -2.15. The van der Waals surface area contributed by atoms with Crippen molar-refractivity contribution < 1.29 is 9.53 Å². The Balaban J connectivity index is 1.74. The number of aryl methyl sites for hydroxylation is 1. The van der Waals surface area contributed by atoms with Gasteiger partial charge in [0.1, 0.15) is 11.9 Å². The second-order valence-corrected chi connectivity index (χ2v) is 6.22. The van der Waals surface area contributed by atoms with Crippen LogP contribution in [0.2, 0.25) is 5.02 Å². The van der Waals surface area contributed by atoms with Gasteiger partial charge in [-0.2, -0.15) is 0 Å². The van der Waals surface area contributed by atoms with E-state index in [1.54, 1.807) is 35.6 Å². The van der Waals surface area contributed by atoms with Crippen molar-refractivity contribution in [2.24, 2.45) is 0 Å². The van der Waals surface area contributed by atoms with Gasteiger partial charge in [0, 0.05) is 10.4 Å². The van der Waals surface area contributed by atoms with Crippen molar-refractivity contribution in [1.82, 2.24) is 10.3 Å². The van der Waals surface area contributed by atoms with Crippen LogP contribution in [0.1, 0.15) is 17.6 Å². The standard InChI is InChI=1S/C15H17ClN2O2S/c1-10(20-14-5-3-12(16)4-6-14)8-17-15(19)7-13-9-21-11(2)18-13/h3-6,9-10H,7-8H2,1-2H3,(H,17,19). The zero-order valence-corrected chi connectivity index (χ0v) is 13.5. The van der Waals surface area contributed by atoms with Gasteiger partial charge in [0.15, 0.2) is 0 Å². The number of hydrogen-bond donors (Lipinski definition) is 1. The highest BCUT2D eigenvalue weighted by Gasteiger charge is 2.09. The van der Waals surface area contributed by atoms with E-state index in [4.69, 9.17) is 16.3 Å². The molecule has 1 unspecified atom stereocenters. The predicted octanol–water partition coefficient (Wildman–Crippen LogP) is 3.23. The SMILES string of the molecule is Cc1nc(CC(=O)NCC(C)Oc2ccc(Cl)cc2)cs1. The van der Waals surface area contributed by atoms with Gasteiger partial charge in [0.05, 0.1) is 23.7 Å². The smallest absolute Gasteiger partial charge is 0.226 e. The van der Waals surface area contributed by atoms with Crippen molar-refractivity contribution >= 4 is 28.8 Å². The maximum Gasteiger partial charge on any atom is 0.226 e. The van der Waals surface area contributed by atoms with Gasteiger partial charge >= 0.3 is 0 Å². The number of thiazole rings is 1. The maximum absolute atomic E-state index is 11.8. The summed E-state index contributed by atoms with van der Waals surface area (Å²) in [5, 5.41) is 6.39. The Morgan fingerprint density at radius 2 is 2.14 bits per heavy atom. The number of nitrogens with zero attached hydrogens (tertiary/aromatic N) is 1. The minimum atomic E-state index is -0.118. The van der Waals surface area contributed by atoms with E-state index in [2.05, 4.69) is 10.3 Å². The van der Waals surface area contributed by atoms with Crippen LogP contribution in [-0.2, 0) is 11.2 Å². The predicted molar refractivity (Wildman–Crippen MR) is 85.1 cm³/mol. The molecule has 0 aliphatic rings. The summed E-state index contributed by atoms with van der Waals surface area (Å²) in [6.45, 7) is 4.28. The topological polar surface area (TPSA) is 51.2 Å². The lowest BCUT2D eigenvalue weighted by Crippen LogP contribution is -2.34. The minimum Gasteiger partial charge on any atom is -0.489 e. The van der Waals surface area contributed by atoms with Crippen LogP contribution in [0.3, 0.4) is 0 Å². The second-order valence-electron chi connectivity index (χ2n) is 4.72. The molecule has 1 N–H and O–H groups in total. The largest absolute Gasteiger partial charge is 0.489 e. The highest BCUT2D eigenvalue weighted by molar-refractivity contribution is 7.09. The number of aromatic nitrogens is 1. The molecule has 0 aliphatic heterocycles. The molecular formula is C15H17ClN2O2S. The molecule has 1 atom stereocenters. The first-order chi connectivity index (χ1) is 10.0. The third-order valence-electron chi connectivity index (χ3n) is 2.75. The van der Waals surface area contributed by atoms with Crippen LogP contribution < -0.4 is 10.1 Å². The van der Waals surface area contributed by atoms with Crippen LogP contribution >= 0.6 is 22.9 Å². The molecule has 1 aromatic heterocycles. The number of ether oxygens (including phenoxy) is 1. The molecule has 21 heavy (non-hydrogen) atoms. The maximum atomic E-state index is 11.8. The minimum absolute atomic E-state index is 0.0492. The summed E-state index contributed by atoms with van der Waals surface area (Å²) in [4.78, 5) is 16.1. The van der Waals surface area contributed by atoms with E-state index in [0.717, 1.165) is 16.5 Å². The van der Waals surface area contributed by atoms with E-state index < -0.39 is 0 Å². The average molecular weight is 325 g/mol. The molecule has 0 radical (unpaired) electrons. The number of amides is 1. The van der Waals surface area contributed by atoms with Crippen molar-refractivity contribution in [2.45, 2.75) is 26.4 Å². The number of nitrogens with one attached hydrogen (secondary N) is 1. The number of rotatable bonds is 6. The van der Waals surface area contributed by atoms with Crippen LogP contribution in [0.4, 0.5) is 0 Å². The van der Waals surface area contributed by atoms with Crippen molar-refractivity contribution in [3.63, 3.8) is 0 Å². The molecule has 6 heteroatoms. The van der Waals surface area contributed by atoms with Gasteiger partial charge in [0.2, 0.25) is 5.91 Å². The molecule has 0 saturated carbocycles. The van der Waals surface area contributed by atoms with E-state index in [-0.39, 0.29) is 12.0 Å². The summed E-state index contributed by atoms with van der Waals surface area (Å²) < 4.78 is 5.69. The van der Waals surface area contributed by atoms with Gasteiger partial charge in [-0.1, -0.05) is 11.6 Å². The quantitative estimate of drug-likeness (QED) is 0.887. The van der Waals surface area contributed by atoms with E-state index in [9.17, 15) is 4.79 Å². The number of carbonyl (C=O) groups excluding carboxylic acids is 1. The Morgan fingerprint density at radius 3 is 2.76 bits per heavy atom. The van der Waals surface area contributed by atoms with Crippen LogP contribution in [-0.4, -0.2) is 23.5 Å². The molecule has 0 fully saturated rings. The zero-order chi connectivity index (χ0) is 15.2. The van der Waals surface area contributed by atoms with E-state index in [0.29, 0.717) is 18.0 Å². The fraction of sp³-hybridized carbons (Fsp3) is 0.333. The van der Waals surface area contributed by atoms with Gasteiger partial charge in [-0.25, -0.2) is 4.98 Å². The van der Waals surface area contributed by atoms with Gasteiger partial charge < -0.3 is 10.1 Å². The van der Waals surface area contributed by atoms with Crippen molar-refractivity contribution in [3.05, 3.63) is 45.4 Å². The third kappa shape index (κ3) is 5.36. The number of hydrogen-bond acceptors (Lipinski definition) is 4. The molecule has 2 rings (SSSR count). The first-order valence-corrected chi connectivity index (χ1v) is 7.88. The number of benzene rings is 1. The summed E-state index contributed by atoms with van der Waals surface area (Å²) in [5.41, 5.74) is 0.807. The van der Waals surface area contributed by atoms with Crippen molar-refractivity contribution in [2.75, 3.05) is 6.54 Å². The Labute approximate surface area is 133 Å². The van der Waals surface area contributed by atoms with Crippen molar-refractivity contribution in [3.8, 4) is 5.75 Å². The summed E-state index contributed by atoms with van der Waals surface area (Å²) >= 11 is 7.36. The fourth-order valence-electron chi connectivity index (χ4n) is 1.76. The van der Waals surface area contributed by atoms with Crippen LogP contribution in [0.5, 0.6) is 5.75 Å². The molecule has 0 saturated heterocycles. The third-order valence-corrected chi connectivity index (χ3v) is 3.82. The van der Waals surface area contributed by atoms with Crippen molar-refractivity contribution in [1.29, 1.82) is 0 Å². The average Bonchev–Trinajstić information content (AvgIpc) is 2.84. The van der Waals surface area contributed by atoms with Gasteiger partial charge in [-0.3, -0.25) is 4.79 Å². The molecule has 2 aromatic rings. The van der Waals surface area contributed by atoms with Crippen LogP contribution in [0.25, 0.3) is 0 Å². The lowest BCUT2D eigenvalue weighted by molar-refractivity contribution is -0.120. The van der Waals surface area contributed by atoms with E-state index in [1.807, 2.05) is 19.2 Å². The lowest BCUT2D eigenvalue weighted by atomic mass is 10.3. The first kappa shape index (κ1) is 15.8. The molecule has 4 nitrogen and oxygen atoms in total. The number of halogens is 1. The monoisotopic (exact) mass is 324 g/mol. The Bertz CT molecular complexity index is 598. The van der Waals surface area contributed by atoms with E-state index in [1.165, 1.54) is 0 Å². The molecule has 112 valence electrons. The zero-order valence-electron chi connectivity index (χ0n) is 11.9. The molecule has 1 heterocycles. The summed E-state index contributed by atoms with van der Waals surface area (Å²) in [6.07, 6.45) is 0.185. The summed E-state index contributed by atoms with van der Waals surface area (Å²) in [6, 6.07) is 7.15. The van der Waals surface area contributed by atoms with Crippen LogP contribution in [0.15, 0.2) is 29.6 Å². The first-order valence-electron chi connectivity index (χ1n) is 6.63. The molecular weight excluding hydrogens is 308 g/mol. The summed E-state index contributed by atoms with van der Waals surface area (Å²) in [7, 11) is 0. The Morgan fingerprint density at radius 1 is 1.43 bits per heavy atom. The van der Waals surface area contributed by atoms with Crippen LogP contribution in [0, 0.1) is 6.92 Å². The molecule has 1 aromatic carbocycles. The molecule has 0 bridgehead atoms.